The van der Waals surface area contributed by atoms with E-state index in [0.717, 1.165) is 17.1 Å². The lowest BCUT2D eigenvalue weighted by Crippen LogP contribution is -2.26. The Bertz CT molecular complexity index is 3650. The average Bonchev–Trinajstić information content (AvgIpc) is 3.99. The van der Waals surface area contributed by atoms with Crippen molar-refractivity contribution in [2.45, 2.75) is 43.9 Å². The van der Waals surface area contributed by atoms with Gasteiger partial charge in [0, 0.05) is 27.9 Å². The van der Waals surface area contributed by atoms with Gasteiger partial charge in [-0.2, -0.15) is 0 Å². The minimum Gasteiger partial charge on any atom is -0.310 e. The maximum Gasteiger partial charge on any atom is 0.0726 e. The topological polar surface area (TPSA) is 3.24 Å². The molecule has 4 aliphatic rings. The van der Waals surface area contributed by atoms with Crippen LogP contribution in [-0.2, 0) is 16.2 Å². The highest BCUT2D eigenvalue weighted by molar-refractivity contribution is 6.06. The third-order valence-electron chi connectivity index (χ3n) is 16.0. The van der Waals surface area contributed by atoms with E-state index in [1.54, 1.807) is 0 Å². The number of anilines is 3. The normalized spacial score (nSPS) is 15.3. The second-order valence-corrected chi connectivity index (χ2v) is 20.0. The van der Waals surface area contributed by atoms with E-state index in [0.29, 0.717) is 0 Å². The van der Waals surface area contributed by atoms with Gasteiger partial charge < -0.3 is 4.90 Å². The van der Waals surface area contributed by atoms with Gasteiger partial charge in [0.1, 0.15) is 0 Å². The molecule has 0 aliphatic heterocycles. The van der Waals surface area contributed by atoms with Crippen LogP contribution in [0.5, 0.6) is 0 Å². The maximum atomic E-state index is 2.55. The number of hydrogen-bond acceptors (Lipinski definition) is 1. The molecule has 0 N–H and O–H groups in total. The van der Waals surface area contributed by atoms with Crippen LogP contribution in [-0.4, -0.2) is 0 Å². The van der Waals surface area contributed by atoms with Crippen LogP contribution in [0.15, 0.2) is 212 Å². The highest BCUT2D eigenvalue weighted by atomic mass is 15.1. The standard InChI is InChI=1S/C65H47N/c1-63(2)54-26-14-10-22-46(54)50-33-30-43(38-59(50)63)66(42-32-35-55-53(37-42)61-52(40-18-6-5-7-19-40)36-41-20-8-9-21-45(41)62(61)64(55,3)4)44-31-34-51-49-25-13-17-29-58(49)65(60(51)39-44)56-27-15-11-23-47(56)48-24-12-16-28-57(48)65/h5-39H,1-4H3. The summed E-state index contributed by atoms with van der Waals surface area (Å²) in [5.74, 6) is 0. The second-order valence-electron chi connectivity index (χ2n) is 20.0. The van der Waals surface area contributed by atoms with E-state index in [1.165, 1.54) is 111 Å². The molecule has 0 fully saturated rings. The lowest BCUT2D eigenvalue weighted by molar-refractivity contribution is 0.660. The van der Waals surface area contributed by atoms with Crippen molar-refractivity contribution < 1.29 is 0 Å². The van der Waals surface area contributed by atoms with Crippen LogP contribution in [0.3, 0.4) is 0 Å². The second kappa shape index (κ2) is 13.2. The molecule has 0 heterocycles. The Morgan fingerprint density at radius 2 is 0.758 bits per heavy atom. The molecule has 312 valence electrons. The molecule has 1 nitrogen and oxygen atoms in total. The fraction of sp³-hybridized carbons (Fsp3) is 0.108. The van der Waals surface area contributed by atoms with Crippen LogP contribution in [0.2, 0.25) is 0 Å². The Morgan fingerprint density at radius 3 is 1.39 bits per heavy atom. The van der Waals surface area contributed by atoms with Crippen LogP contribution in [0.25, 0.3) is 66.4 Å². The average molecular weight is 842 g/mol. The summed E-state index contributed by atoms with van der Waals surface area (Å²) in [6.45, 7) is 9.62. The van der Waals surface area contributed by atoms with Crippen LogP contribution in [0, 0.1) is 0 Å². The van der Waals surface area contributed by atoms with Gasteiger partial charge in [0.05, 0.1) is 5.41 Å². The molecule has 14 rings (SSSR count). The molecular formula is C65H47N. The highest BCUT2D eigenvalue weighted by Crippen LogP contribution is 2.64. The van der Waals surface area contributed by atoms with Gasteiger partial charge in [-0.05, 0) is 153 Å². The summed E-state index contributed by atoms with van der Waals surface area (Å²) in [7, 11) is 0. The van der Waals surface area contributed by atoms with Crippen molar-refractivity contribution in [1.82, 2.24) is 0 Å². The Hall–Kier alpha value is -7.74. The highest BCUT2D eigenvalue weighted by Gasteiger charge is 2.52. The predicted molar refractivity (Wildman–Crippen MR) is 275 cm³/mol. The van der Waals surface area contributed by atoms with Crippen LogP contribution in [0.4, 0.5) is 17.1 Å². The minimum atomic E-state index is -0.450. The molecule has 0 bridgehead atoms. The Labute approximate surface area is 387 Å². The fourth-order valence-electron chi connectivity index (χ4n) is 13.2. The summed E-state index contributed by atoms with van der Waals surface area (Å²) in [6, 6.07) is 80.6. The zero-order valence-corrected chi connectivity index (χ0v) is 37.7. The summed E-state index contributed by atoms with van der Waals surface area (Å²) in [4.78, 5) is 2.55. The number of nitrogens with zero attached hydrogens (tertiary/aromatic N) is 1. The Balaban J connectivity index is 1.05. The summed E-state index contributed by atoms with van der Waals surface area (Å²) in [6.07, 6.45) is 0. The molecule has 10 aromatic rings. The molecule has 1 spiro atoms. The van der Waals surface area contributed by atoms with Gasteiger partial charge in [-0.3, -0.25) is 0 Å². The van der Waals surface area contributed by atoms with Crippen LogP contribution < -0.4 is 4.90 Å². The van der Waals surface area contributed by atoms with Gasteiger partial charge in [-0.1, -0.05) is 198 Å². The molecule has 0 unspecified atom stereocenters. The zero-order valence-electron chi connectivity index (χ0n) is 37.7. The summed E-state index contributed by atoms with van der Waals surface area (Å²) in [5.41, 5.74) is 26.7. The van der Waals surface area contributed by atoms with Gasteiger partial charge in [-0.25, -0.2) is 0 Å². The van der Waals surface area contributed by atoms with Gasteiger partial charge in [0.25, 0.3) is 0 Å². The van der Waals surface area contributed by atoms with E-state index in [-0.39, 0.29) is 10.8 Å². The van der Waals surface area contributed by atoms with Crippen molar-refractivity contribution in [2.24, 2.45) is 0 Å². The fourth-order valence-corrected chi connectivity index (χ4v) is 13.2. The number of hydrogen-bond donors (Lipinski definition) is 0. The summed E-state index contributed by atoms with van der Waals surface area (Å²) >= 11 is 0. The Kier molecular flexibility index (Phi) is 7.51. The minimum absolute atomic E-state index is 0.152. The first-order valence-electron chi connectivity index (χ1n) is 23.5. The van der Waals surface area contributed by atoms with Crippen LogP contribution >= 0.6 is 0 Å². The first-order valence-corrected chi connectivity index (χ1v) is 23.5. The maximum absolute atomic E-state index is 2.55. The van der Waals surface area contributed by atoms with E-state index in [2.05, 4.69) is 245 Å². The predicted octanol–water partition coefficient (Wildman–Crippen LogP) is 16.9. The van der Waals surface area contributed by atoms with Gasteiger partial charge >= 0.3 is 0 Å². The monoisotopic (exact) mass is 841 g/mol. The van der Waals surface area contributed by atoms with Gasteiger partial charge in [0.15, 0.2) is 0 Å². The quantitative estimate of drug-likeness (QED) is 0.171. The first kappa shape index (κ1) is 37.6. The molecule has 0 saturated carbocycles. The van der Waals surface area contributed by atoms with Crippen molar-refractivity contribution in [3.8, 4) is 55.6 Å². The molecule has 0 aromatic heterocycles. The third-order valence-corrected chi connectivity index (χ3v) is 16.0. The molecule has 4 aliphatic carbocycles. The SMILES string of the molecule is CC1(C)c2ccccc2-c2ccc(N(c3ccc4c(c3)-c3c(-c5ccccc5)cc5ccccc5c3C4(C)C)c3ccc4c(c3)C3(c5ccccc5-c5ccccc53)c3ccccc3-4)cc21. The van der Waals surface area contributed by atoms with Crippen molar-refractivity contribution in [3.63, 3.8) is 0 Å². The van der Waals surface area contributed by atoms with Crippen molar-refractivity contribution in [1.29, 1.82) is 0 Å². The van der Waals surface area contributed by atoms with Gasteiger partial charge in [0.2, 0.25) is 0 Å². The zero-order chi connectivity index (χ0) is 44.1. The van der Waals surface area contributed by atoms with Crippen LogP contribution in [0.1, 0.15) is 72.2 Å². The van der Waals surface area contributed by atoms with E-state index < -0.39 is 5.41 Å². The van der Waals surface area contributed by atoms with E-state index in [9.17, 15) is 0 Å². The van der Waals surface area contributed by atoms with Crippen molar-refractivity contribution in [2.75, 3.05) is 4.90 Å². The van der Waals surface area contributed by atoms with Crippen molar-refractivity contribution in [3.05, 3.63) is 257 Å². The van der Waals surface area contributed by atoms with E-state index in [4.69, 9.17) is 0 Å². The first-order chi connectivity index (χ1) is 32.3. The lowest BCUT2D eigenvalue weighted by Gasteiger charge is -2.33. The van der Waals surface area contributed by atoms with E-state index >= 15 is 0 Å². The molecule has 0 saturated heterocycles. The van der Waals surface area contributed by atoms with Crippen molar-refractivity contribution >= 4 is 27.8 Å². The smallest absolute Gasteiger partial charge is 0.0726 e. The molecule has 1 heteroatoms. The molecule has 0 radical (unpaired) electrons. The largest absolute Gasteiger partial charge is 0.310 e. The summed E-state index contributed by atoms with van der Waals surface area (Å²) < 4.78 is 0. The molecule has 0 amide bonds. The molecule has 10 aromatic carbocycles. The van der Waals surface area contributed by atoms with E-state index in [1.807, 2.05) is 0 Å². The molecular weight excluding hydrogens is 795 g/mol. The number of rotatable bonds is 4. The summed E-state index contributed by atoms with van der Waals surface area (Å²) in [5, 5.41) is 2.61. The third kappa shape index (κ3) is 4.75. The Morgan fingerprint density at radius 1 is 0.303 bits per heavy atom. The number of fused-ring (bicyclic) bond motifs is 18. The molecule has 66 heavy (non-hydrogen) atoms. The molecule has 0 atom stereocenters. The number of benzene rings is 10. The van der Waals surface area contributed by atoms with Gasteiger partial charge in [-0.15, -0.1) is 0 Å². The lowest BCUT2D eigenvalue weighted by atomic mass is 9.70.